The van der Waals surface area contributed by atoms with Gasteiger partial charge in [0.2, 0.25) is 13.3 Å². The Hall–Kier alpha value is -3.22. The Bertz CT molecular complexity index is 1340. The lowest BCUT2D eigenvalue weighted by Gasteiger charge is -2.17. The number of methoxy groups -OCH3 is 1. The van der Waals surface area contributed by atoms with Crippen molar-refractivity contribution in [3.8, 4) is 5.75 Å². The summed E-state index contributed by atoms with van der Waals surface area (Å²) >= 11 is 3.13. The standard InChI is InChI=1S/C21H21BrF3N6O4P/c1-26-19(32)17-14(6-7-16(22)30-17)28-18-12(21(23,24)25)9-27-20(31-18)29-13-5-4-11(8-15(13)35-2)10-36(3,33)34/h4-9H,10H2,1-3H3,(H,26,32)(H,33,34)(H2,27,28,29,31). The van der Waals surface area contributed by atoms with Crippen LogP contribution in [0.1, 0.15) is 21.6 Å². The van der Waals surface area contributed by atoms with Gasteiger partial charge >= 0.3 is 6.18 Å². The third-order valence-electron chi connectivity index (χ3n) is 4.64. The van der Waals surface area contributed by atoms with Gasteiger partial charge in [-0.2, -0.15) is 18.2 Å². The summed E-state index contributed by atoms with van der Waals surface area (Å²) in [5.41, 5.74) is -0.481. The molecule has 4 N–H and O–H groups in total. The largest absolute Gasteiger partial charge is 0.495 e. The fraction of sp³-hybridized carbons (Fsp3) is 0.238. The summed E-state index contributed by atoms with van der Waals surface area (Å²) in [4.78, 5) is 33.6. The number of carbonyl (C=O) groups excluding carboxylic acids is 1. The lowest BCUT2D eigenvalue weighted by Crippen LogP contribution is -2.21. The van der Waals surface area contributed by atoms with Gasteiger partial charge in [-0.1, -0.05) is 6.07 Å². The molecule has 1 atom stereocenters. The Kier molecular flexibility index (Phi) is 8.22. The summed E-state index contributed by atoms with van der Waals surface area (Å²) < 4.78 is 58.4. The molecular weight excluding hydrogens is 568 g/mol. The van der Waals surface area contributed by atoms with Crippen LogP contribution in [0.3, 0.4) is 0 Å². The SMILES string of the molecule is CNC(=O)c1nc(Br)ccc1Nc1nc(Nc2ccc(CP(C)(=O)O)cc2OC)ncc1C(F)(F)F. The smallest absolute Gasteiger partial charge is 0.421 e. The zero-order valence-electron chi connectivity index (χ0n) is 19.1. The van der Waals surface area contributed by atoms with Crippen molar-refractivity contribution in [3.63, 3.8) is 0 Å². The third kappa shape index (κ3) is 6.93. The number of ether oxygens (including phenoxy) is 1. The Morgan fingerprint density at radius 3 is 2.47 bits per heavy atom. The van der Waals surface area contributed by atoms with Gasteiger partial charge in [-0.15, -0.1) is 0 Å². The first kappa shape index (κ1) is 27.4. The maximum atomic E-state index is 13.7. The molecular formula is C21H21BrF3N6O4P. The van der Waals surface area contributed by atoms with Crippen LogP contribution < -0.4 is 20.7 Å². The number of nitrogens with zero attached hydrogens (tertiary/aromatic N) is 3. The minimum absolute atomic E-state index is 0.0115. The average molecular weight is 589 g/mol. The van der Waals surface area contributed by atoms with Crippen LogP contribution in [0.15, 0.2) is 41.1 Å². The number of anilines is 4. The molecule has 0 bridgehead atoms. The molecule has 0 saturated carbocycles. The topological polar surface area (TPSA) is 138 Å². The van der Waals surface area contributed by atoms with Crippen molar-refractivity contribution in [3.05, 3.63) is 58.0 Å². The van der Waals surface area contributed by atoms with Gasteiger partial charge in [0.25, 0.3) is 5.91 Å². The highest BCUT2D eigenvalue weighted by Crippen LogP contribution is 2.41. The van der Waals surface area contributed by atoms with E-state index in [0.29, 0.717) is 22.1 Å². The van der Waals surface area contributed by atoms with Gasteiger partial charge in [0.05, 0.1) is 18.5 Å². The van der Waals surface area contributed by atoms with Gasteiger partial charge in [0, 0.05) is 26.1 Å². The highest BCUT2D eigenvalue weighted by Gasteiger charge is 2.36. The number of benzene rings is 1. The fourth-order valence-corrected chi connectivity index (χ4v) is 4.28. The van der Waals surface area contributed by atoms with Crippen LogP contribution in [0.25, 0.3) is 0 Å². The predicted octanol–water partition coefficient (Wildman–Crippen LogP) is 4.91. The molecule has 3 aromatic rings. The Labute approximate surface area is 212 Å². The van der Waals surface area contributed by atoms with E-state index in [2.05, 4.69) is 46.8 Å². The molecule has 0 aliphatic rings. The number of hydrogen-bond acceptors (Lipinski definition) is 8. The van der Waals surface area contributed by atoms with Crippen LogP contribution >= 0.6 is 23.3 Å². The average Bonchev–Trinajstić information content (AvgIpc) is 2.79. The van der Waals surface area contributed by atoms with Crippen molar-refractivity contribution in [2.24, 2.45) is 0 Å². The van der Waals surface area contributed by atoms with Crippen molar-refractivity contribution in [1.82, 2.24) is 20.3 Å². The first-order valence-corrected chi connectivity index (χ1v) is 13.2. The number of halogens is 4. The summed E-state index contributed by atoms with van der Waals surface area (Å²) in [6, 6.07) is 7.47. The number of alkyl halides is 3. The summed E-state index contributed by atoms with van der Waals surface area (Å²) in [7, 11) is -0.597. The maximum absolute atomic E-state index is 13.7. The van der Waals surface area contributed by atoms with Gasteiger partial charge in [-0.05, 0) is 45.8 Å². The van der Waals surface area contributed by atoms with Gasteiger partial charge in [-0.3, -0.25) is 9.36 Å². The number of hydrogen-bond donors (Lipinski definition) is 4. The van der Waals surface area contributed by atoms with Crippen molar-refractivity contribution < 1.29 is 32.2 Å². The highest BCUT2D eigenvalue weighted by atomic mass is 79.9. The quantitative estimate of drug-likeness (QED) is 0.213. The van der Waals surface area contributed by atoms with Crippen LogP contribution in [0.2, 0.25) is 0 Å². The van der Waals surface area contributed by atoms with E-state index < -0.39 is 30.8 Å². The molecule has 0 radical (unpaired) electrons. The lowest BCUT2D eigenvalue weighted by atomic mass is 10.2. The second-order valence-corrected chi connectivity index (χ2v) is 10.8. The molecule has 192 valence electrons. The van der Waals surface area contributed by atoms with Crippen molar-refractivity contribution in [2.45, 2.75) is 12.3 Å². The molecule has 15 heteroatoms. The lowest BCUT2D eigenvalue weighted by molar-refractivity contribution is -0.137. The van der Waals surface area contributed by atoms with E-state index in [1.165, 1.54) is 45.1 Å². The van der Waals surface area contributed by atoms with Gasteiger partial charge < -0.3 is 25.6 Å². The summed E-state index contributed by atoms with van der Waals surface area (Å²) in [5, 5.41) is 7.70. The van der Waals surface area contributed by atoms with Crippen molar-refractivity contribution in [1.29, 1.82) is 0 Å². The highest BCUT2D eigenvalue weighted by molar-refractivity contribution is 9.10. The van der Waals surface area contributed by atoms with Gasteiger partial charge in [-0.25, -0.2) is 9.97 Å². The van der Waals surface area contributed by atoms with Crippen molar-refractivity contribution >= 4 is 52.3 Å². The van der Waals surface area contributed by atoms with E-state index in [-0.39, 0.29) is 29.2 Å². The maximum Gasteiger partial charge on any atom is 0.421 e. The third-order valence-corrected chi connectivity index (χ3v) is 6.03. The first-order chi connectivity index (χ1) is 16.8. The summed E-state index contributed by atoms with van der Waals surface area (Å²) in [6.45, 7) is 1.23. The molecule has 1 amide bonds. The number of rotatable bonds is 8. The molecule has 1 unspecified atom stereocenters. The Morgan fingerprint density at radius 1 is 1.17 bits per heavy atom. The van der Waals surface area contributed by atoms with E-state index in [9.17, 15) is 27.4 Å². The zero-order chi connectivity index (χ0) is 26.7. The van der Waals surface area contributed by atoms with E-state index >= 15 is 0 Å². The van der Waals surface area contributed by atoms with E-state index in [1.807, 2.05) is 0 Å². The van der Waals surface area contributed by atoms with E-state index in [0.717, 1.165) is 0 Å². The van der Waals surface area contributed by atoms with Gasteiger partial charge in [0.1, 0.15) is 21.7 Å². The zero-order valence-corrected chi connectivity index (χ0v) is 21.6. The molecule has 36 heavy (non-hydrogen) atoms. The van der Waals surface area contributed by atoms with Crippen molar-refractivity contribution in [2.75, 3.05) is 31.5 Å². The van der Waals surface area contributed by atoms with Crippen LogP contribution in [-0.4, -0.2) is 46.6 Å². The molecule has 0 fully saturated rings. The minimum atomic E-state index is -4.80. The molecule has 1 aromatic carbocycles. The minimum Gasteiger partial charge on any atom is -0.495 e. The second-order valence-electron chi connectivity index (χ2n) is 7.56. The predicted molar refractivity (Wildman–Crippen MR) is 131 cm³/mol. The summed E-state index contributed by atoms with van der Waals surface area (Å²) in [6.07, 6.45) is -4.28. The molecule has 0 spiro atoms. The molecule has 10 nitrogen and oxygen atoms in total. The number of amides is 1. The van der Waals surface area contributed by atoms with Gasteiger partial charge in [0.15, 0.2) is 5.69 Å². The number of pyridine rings is 1. The van der Waals surface area contributed by atoms with Crippen LogP contribution in [0.4, 0.5) is 36.3 Å². The molecule has 0 aliphatic heterocycles. The first-order valence-electron chi connectivity index (χ1n) is 10.1. The Balaban J connectivity index is 2.01. The molecule has 2 aromatic heterocycles. The van der Waals surface area contributed by atoms with Crippen LogP contribution in [-0.2, 0) is 16.9 Å². The molecule has 0 aliphatic carbocycles. The molecule has 0 saturated heterocycles. The van der Waals surface area contributed by atoms with E-state index in [1.54, 1.807) is 6.07 Å². The number of carbonyl (C=O) groups is 1. The fourth-order valence-electron chi connectivity index (χ4n) is 3.10. The molecule has 2 heterocycles. The second kappa shape index (κ2) is 10.8. The normalized spacial score (nSPS) is 13.0. The monoisotopic (exact) mass is 588 g/mol. The summed E-state index contributed by atoms with van der Waals surface area (Å²) in [5.74, 6) is -1.18. The van der Waals surface area contributed by atoms with E-state index in [4.69, 9.17) is 4.74 Å². The molecule has 3 rings (SSSR count). The number of aromatic nitrogens is 3. The Morgan fingerprint density at radius 2 is 1.86 bits per heavy atom. The van der Waals surface area contributed by atoms with Crippen LogP contribution in [0.5, 0.6) is 5.75 Å². The number of nitrogens with one attached hydrogen (secondary N) is 3. The van der Waals surface area contributed by atoms with Crippen LogP contribution in [0, 0.1) is 0 Å².